The van der Waals surface area contributed by atoms with Crippen LogP contribution in [-0.2, 0) is 35.6 Å². The summed E-state index contributed by atoms with van der Waals surface area (Å²) in [5.41, 5.74) is 1.44. The number of aromatic nitrogens is 2. The zero-order valence-electron chi connectivity index (χ0n) is 24.1. The van der Waals surface area contributed by atoms with Crippen LogP contribution in [0.15, 0.2) is 92.7 Å². The number of nitrogens with zero attached hydrogens (tertiary/aromatic N) is 3. The van der Waals surface area contributed by atoms with Crippen molar-refractivity contribution in [3.05, 3.63) is 102 Å². The normalized spacial score (nSPS) is 13.1. The summed E-state index contributed by atoms with van der Waals surface area (Å²) in [6, 6.07) is 11.9. The number of rotatable bonds is 13. The quantitative estimate of drug-likeness (QED) is 0.119. The maximum absolute atomic E-state index is 13.3. The smallest absolute Gasteiger partial charge is 0.322 e. The Morgan fingerprint density at radius 2 is 1.82 bits per heavy atom. The molecule has 7 nitrogen and oxygen atoms in total. The molecule has 1 aromatic carbocycles. The highest BCUT2D eigenvalue weighted by molar-refractivity contribution is 8.01. The fraction of sp³-hybridized carbons (Fsp3) is 0.387. The Morgan fingerprint density at radius 3 is 2.45 bits per heavy atom. The van der Waals surface area contributed by atoms with Crippen LogP contribution in [0.25, 0.3) is 0 Å². The lowest BCUT2D eigenvalue weighted by Crippen LogP contribution is -2.36. The molecule has 9 heteroatoms. The van der Waals surface area contributed by atoms with Gasteiger partial charge in [0.25, 0.3) is 0 Å². The Balaban J connectivity index is 1.67. The van der Waals surface area contributed by atoms with Gasteiger partial charge in [-0.25, -0.2) is 4.39 Å². The maximum Gasteiger partial charge on any atom is 0.322 e. The van der Waals surface area contributed by atoms with Crippen molar-refractivity contribution in [2.45, 2.75) is 82.8 Å². The monoisotopic (exact) mass is 567 g/mol. The number of thioether (sulfide) groups is 1. The molecule has 0 unspecified atom stereocenters. The second-order valence-corrected chi connectivity index (χ2v) is 12.7. The van der Waals surface area contributed by atoms with Gasteiger partial charge in [0.15, 0.2) is 5.82 Å². The molecule has 0 bridgehead atoms. The third-order valence-electron chi connectivity index (χ3n) is 5.58. The van der Waals surface area contributed by atoms with E-state index in [2.05, 4.69) is 21.6 Å². The van der Waals surface area contributed by atoms with E-state index in [-0.39, 0.29) is 5.97 Å². The van der Waals surface area contributed by atoms with Gasteiger partial charge in [-0.2, -0.15) is 4.98 Å². The number of carbonyl (C=O) groups excluding carboxylic acids is 1. The highest BCUT2D eigenvalue weighted by Gasteiger charge is 2.33. The van der Waals surface area contributed by atoms with Gasteiger partial charge in [0.2, 0.25) is 5.89 Å². The Kier molecular flexibility index (Phi) is 10.7. The molecule has 40 heavy (non-hydrogen) atoms. The molecule has 0 aliphatic heterocycles. The zero-order chi connectivity index (χ0) is 29.3. The summed E-state index contributed by atoms with van der Waals surface area (Å²) in [4.78, 5) is 20.3. The molecule has 3 aromatic rings. The van der Waals surface area contributed by atoms with E-state index in [9.17, 15) is 9.18 Å². The summed E-state index contributed by atoms with van der Waals surface area (Å²) in [5.74, 6) is 1.18. The van der Waals surface area contributed by atoms with Gasteiger partial charge in [0.1, 0.15) is 21.9 Å². The first kappa shape index (κ1) is 31.1. The van der Waals surface area contributed by atoms with Crippen LogP contribution in [0.2, 0.25) is 0 Å². The standard InChI is InChI=1S/C31H38FN3O4S/c1-8-24(32)14-11-22(2)18-27-33-28(39-34-27)21-35(20-25-10-9-17-37-25)19-23-12-15-26(16-13-23)40-31(6,7)29(36)38-30(3,4)5/h8-17H,1,18-21H2,2-7H3/b22-11+,24-14+. The Bertz CT molecular complexity index is 1320. The summed E-state index contributed by atoms with van der Waals surface area (Å²) in [6.07, 6.45) is 6.28. The molecule has 0 saturated heterocycles. The van der Waals surface area contributed by atoms with Gasteiger partial charge in [0, 0.05) is 17.9 Å². The molecule has 0 fully saturated rings. The van der Waals surface area contributed by atoms with Gasteiger partial charge in [-0.3, -0.25) is 9.69 Å². The summed E-state index contributed by atoms with van der Waals surface area (Å²) in [5, 5.41) is 4.09. The number of esters is 1. The predicted octanol–water partition coefficient (Wildman–Crippen LogP) is 7.61. The number of carbonyl (C=O) groups is 1. The van der Waals surface area contributed by atoms with Crippen molar-refractivity contribution in [1.82, 2.24) is 15.0 Å². The molecule has 0 radical (unpaired) electrons. The predicted molar refractivity (Wildman–Crippen MR) is 155 cm³/mol. The van der Waals surface area contributed by atoms with Crippen LogP contribution in [0.4, 0.5) is 4.39 Å². The maximum atomic E-state index is 13.3. The minimum Gasteiger partial charge on any atom is -0.468 e. The molecule has 0 aliphatic rings. The number of benzene rings is 1. The van der Waals surface area contributed by atoms with Crippen LogP contribution in [-0.4, -0.2) is 31.4 Å². The topological polar surface area (TPSA) is 81.6 Å². The zero-order valence-corrected chi connectivity index (χ0v) is 24.9. The molecule has 0 spiro atoms. The van der Waals surface area contributed by atoms with Crippen molar-refractivity contribution in [2.75, 3.05) is 0 Å². The molecule has 0 saturated carbocycles. The third kappa shape index (κ3) is 10.3. The highest BCUT2D eigenvalue weighted by Crippen LogP contribution is 2.35. The molecule has 0 N–H and O–H groups in total. The van der Waals surface area contributed by atoms with E-state index >= 15 is 0 Å². The lowest BCUT2D eigenvalue weighted by Gasteiger charge is -2.28. The number of ether oxygens (including phenoxy) is 1. The van der Waals surface area contributed by atoms with Crippen LogP contribution in [0, 0.1) is 0 Å². The number of furan rings is 1. The van der Waals surface area contributed by atoms with E-state index in [4.69, 9.17) is 13.7 Å². The molecule has 2 heterocycles. The first-order valence-electron chi connectivity index (χ1n) is 13.1. The van der Waals surface area contributed by atoms with Crippen molar-refractivity contribution in [3.63, 3.8) is 0 Å². The third-order valence-corrected chi connectivity index (χ3v) is 6.77. The van der Waals surface area contributed by atoms with E-state index < -0.39 is 16.2 Å². The van der Waals surface area contributed by atoms with E-state index in [1.54, 1.807) is 12.3 Å². The lowest BCUT2D eigenvalue weighted by atomic mass is 10.1. The number of halogens is 1. The highest BCUT2D eigenvalue weighted by atomic mass is 32.2. The number of allylic oxidation sites excluding steroid dienone is 5. The van der Waals surface area contributed by atoms with Crippen molar-refractivity contribution in [3.8, 4) is 0 Å². The first-order chi connectivity index (χ1) is 18.8. The Labute approximate surface area is 240 Å². The van der Waals surface area contributed by atoms with Gasteiger partial charge < -0.3 is 13.7 Å². The average molecular weight is 568 g/mol. The molecule has 214 valence electrons. The van der Waals surface area contributed by atoms with Crippen molar-refractivity contribution < 1.29 is 22.9 Å². The number of hydrogen-bond acceptors (Lipinski definition) is 8. The Morgan fingerprint density at radius 1 is 1.10 bits per heavy atom. The average Bonchev–Trinajstić information content (AvgIpc) is 3.54. The van der Waals surface area contributed by atoms with Crippen LogP contribution < -0.4 is 0 Å². The summed E-state index contributed by atoms with van der Waals surface area (Å²) in [7, 11) is 0. The van der Waals surface area contributed by atoms with Crippen molar-refractivity contribution >= 4 is 17.7 Å². The van der Waals surface area contributed by atoms with Crippen molar-refractivity contribution in [2.24, 2.45) is 0 Å². The van der Waals surface area contributed by atoms with Crippen LogP contribution in [0.5, 0.6) is 0 Å². The van der Waals surface area contributed by atoms with Gasteiger partial charge in [-0.05, 0) is 83.5 Å². The van der Waals surface area contributed by atoms with E-state index in [0.29, 0.717) is 37.8 Å². The largest absolute Gasteiger partial charge is 0.468 e. The fourth-order valence-corrected chi connectivity index (χ4v) is 4.65. The molecule has 2 aromatic heterocycles. The summed E-state index contributed by atoms with van der Waals surface area (Å²) in [6.45, 7) is 16.2. The Hall–Kier alpha value is -3.43. The van der Waals surface area contributed by atoms with Gasteiger partial charge in [-0.15, -0.1) is 11.8 Å². The van der Waals surface area contributed by atoms with E-state index in [1.165, 1.54) is 17.8 Å². The SMILES string of the molecule is C=C/C(F)=C\C=C(/C)Cc1noc(CN(Cc2ccc(SC(C)(C)C(=O)OC(C)(C)C)cc2)Cc2ccco2)n1. The van der Waals surface area contributed by atoms with E-state index in [0.717, 1.165) is 27.9 Å². The lowest BCUT2D eigenvalue weighted by molar-refractivity contribution is -0.156. The molecule has 0 aliphatic carbocycles. The molecular formula is C31H38FN3O4S. The fourth-order valence-electron chi connectivity index (χ4n) is 3.66. The minimum atomic E-state index is -0.723. The van der Waals surface area contributed by atoms with Gasteiger partial charge >= 0.3 is 5.97 Å². The number of hydrogen-bond donors (Lipinski definition) is 0. The molecule has 3 rings (SSSR count). The molecule has 0 atom stereocenters. The molecule has 0 amide bonds. The second-order valence-electron chi connectivity index (χ2n) is 11.0. The minimum absolute atomic E-state index is 0.247. The van der Waals surface area contributed by atoms with Crippen LogP contribution in [0.3, 0.4) is 0 Å². The van der Waals surface area contributed by atoms with Gasteiger partial charge in [-0.1, -0.05) is 35.5 Å². The second kappa shape index (κ2) is 13.8. The molecular weight excluding hydrogens is 529 g/mol. The van der Waals surface area contributed by atoms with Crippen LogP contribution in [0.1, 0.15) is 64.6 Å². The van der Waals surface area contributed by atoms with Crippen LogP contribution >= 0.6 is 11.8 Å². The summed E-state index contributed by atoms with van der Waals surface area (Å²) >= 11 is 1.47. The first-order valence-corrected chi connectivity index (χ1v) is 13.9. The van der Waals surface area contributed by atoms with Gasteiger partial charge in [0.05, 0.1) is 19.4 Å². The van der Waals surface area contributed by atoms with Crippen molar-refractivity contribution in [1.29, 1.82) is 0 Å². The summed E-state index contributed by atoms with van der Waals surface area (Å²) < 4.78 is 29.3. The van der Waals surface area contributed by atoms with E-state index in [1.807, 2.05) is 77.9 Å².